The van der Waals surface area contributed by atoms with Gasteiger partial charge in [-0.25, -0.2) is 13.4 Å². The molecule has 1 atom stereocenters. The standard InChI is InChI=1S/C14H23N3O3S2/c1-12-15-14(10-21-12)8-16-3-5-17(6-4-16)22(18,19)11-13-2-7-20-9-13/h10,13H,2-9,11H2,1H3/t13-/m0/s1. The summed E-state index contributed by atoms with van der Waals surface area (Å²) in [5, 5.41) is 3.16. The number of rotatable bonds is 5. The number of nitrogens with zero attached hydrogens (tertiary/aromatic N) is 3. The lowest BCUT2D eigenvalue weighted by molar-refractivity contribution is 0.177. The van der Waals surface area contributed by atoms with Crippen LogP contribution in [0.25, 0.3) is 0 Å². The Hall–Kier alpha value is -0.540. The van der Waals surface area contributed by atoms with Gasteiger partial charge in [0.15, 0.2) is 0 Å². The Kier molecular flexibility index (Phi) is 5.13. The number of hydrogen-bond acceptors (Lipinski definition) is 6. The van der Waals surface area contributed by atoms with Gasteiger partial charge >= 0.3 is 0 Å². The van der Waals surface area contributed by atoms with E-state index in [1.807, 2.05) is 6.92 Å². The molecule has 6 nitrogen and oxygen atoms in total. The lowest BCUT2D eigenvalue weighted by Crippen LogP contribution is -2.49. The summed E-state index contributed by atoms with van der Waals surface area (Å²) in [5.41, 5.74) is 1.09. The molecule has 0 N–H and O–H groups in total. The van der Waals surface area contributed by atoms with E-state index in [0.717, 1.165) is 36.8 Å². The molecule has 0 spiro atoms. The average Bonchev–Trinajstić information content (AvgIpc) is 3.11. The molecule has 0 amide bonds. The second kappa shape index (κ2) is 6.92. The van der Waals surface area contributed by atoms with Crippen molar-refractivity contribution in [1.29, 1.82) is 0 Å². The monoisotopic (exact) mass is 345 g/mol. The molecule has 2 aliphatic heterocycles. The van der Waals surface area contributed by atoms with Gasteiger partial charge in [0.1, 0.15) is 0 Å². The van der Waals surface area contributed by atoms with Crippen LogP contribution in [-0.4, -0.2) is 67.8 Å². The van der Waals surface area contributed by atoms with Crippen molar-refractivity contribution in [2.45, 2.75) is 19.9 Å². The second-order valence-corrected chi connectivity index (χ2v) is 9.12. The van der Waals surface area contributed by atoms with Crippen molar-refractivity contribution in [3.05, 3.63) is 16.1 Å². The van der Waals surface area contributed by atoms with E-state index in [1.54, 1.807) is 15.6 Å². The SMILES string of the molecule is Cc1nc(CN2CCN(S(=O)(=O)C[C@H]3CCOC3)CC2)cs1. The van der Waals surface area contributed by atoms with Gasteiger partial charge in [0, 0.05) is 44.7 Å². The number of aryl methyl sites for hydroxylation is 1. The van der Waals surface area contributed by atoms with Crippen LogP contribution in [0.3, 0.4) is 0 Å². The Morgan fingerprint density at radius 1 is 1.36 bits per heavy atom. The summed E-state index contributed by atoms with van der Waals surface area (Å²) in [4.78, 5) is 6.75. The number of ether oxygens (including phenoxy) is 1. The van der Waals surface area contributed by atoms with Crippen molar-refractivity contribution >= 4 is 21.4 Å². The summed E-state index contributed by atoms with van der Waals surface area (Å²) >= 11 is 1.66. The molecule has 8 heteroatoms. The first-order valence-corrected chi connectivity index (χ1v) is 10.2. The van der Waals surface area contributed by atoms with E-state index in [1.165, 1.54) is 0 Å². The van der Waals surface area contributed by atoms with Gasteiger partial charge < -0.3 is 4.74 Å². The van der Waals surface area contributed by atoms with Crippen molar-refractivity contribution in [1.82, 2.24) is 14.2 Å². The van der Waals surface area contributed by atoms with Crippen LogP contribution in [0.15, 0.2) is 5.38 Å². The first-order valence-electron chi connectivity index (χ1n) is 7.72. The molecule has 0 aromatic carbocycles. The van der Waals surface area contributed by atoms with Crippen molar-refractivity contribution in [2.24, 2.45) is 5.92 Å². The molecule has 2 fully saturated rings. The third-order valence-electron chi connectivity index (χ3n) is 4.25. The fourth-order valence-electron chi connectivity index (χ4n) is 2.99. The largest absolute Gasteiger partial charge is 0.381 e. The highest BCUT2D eigenvalue weighted by molar-refractivity contribution is 7.89. The summed E-state index contributed by atoms with van der Waals surface area (Å²) in [6, 6.07) is 0. The van der Waals surface area contributed by atoms with Gasteiger partial charge in [0.05, 0.1) is 23.1 Å². The molecular weight excluding hydrogens is 322 g/mol. The average molecular weight is 345 g/mol. The molecule has 0 radical (unpaired) electrons. The zero-order chi connectivity index (χ0) is 15.6. The van der Waals surface area contributed by atoms with Gasteiger partial charge in [-0.2, -0.15) is 4.31 Å². The predicted octanol–water partition coefficient (Wildman–Crippen LogP) is 0.935. The molecular formula is C14H23N3O3S2. The molecule has 2 saturated heterocycles. The smallest absolute Gasteiger partial charge is 0.214 e. The van der Waals surface area contributed by atoms with Crippen molar-refractivity contribution < 1.29 is 13.2 Å². The van der Waals surface area contributed by atoms with Crippen LogP contribution in [0.4, 0.5) is 0 Å². The first-order chi connectivity index (χ1) is 10.5. The third kappa shape index (κ3) is 4.05. The zero-order valence-electron chi connectivity index (χ0n) is 12.9. The molecule has 124 valence electrons. The normalized spacial score (nSPS) is 24.9. The first kappa shape index (κ1) is 16.3. The van der Waals surface area contributed by atoms with Gasteiger partial charge in [-0.1, -0.05) is 0 Å². The molecule has 0 bridgehead atoms. The maximum Gasteiger partial charge on any atom is 0.214 e. The maximum atomic E-state index is 12.5. The summed E-state index contributed by atoms with van der Waals surface area (Å²) < 4.78 is 31.8. The molecule has 3 heterocycles. The predicted molar refractivity (Wildman–Crippen MR) is 86.4 cm³/mol. The van der Waals surface area contributed by atoms with Crippen LogP contribution >= 0.6 is 11.3 Å². The van der Waals surface area contributed by atoms with E-state index in [-0.39, 0.29) is 11.7 Å². The van der Waals surface area contributed by atoms with Gasteiger partial charge in [-0.15, -0.1) is 11.3 Å². The van der Waals surface area contributed by atoms with Gasteiger partial charge in [0.25, 0.3) is 0 Å². The lowest BCUT2D eigenvalue weighted by Gasteiger charge is -2.34. The summed E-state index contributed by atoms with van der Waals surface area (Å²) in [6.07, 6.45) is 0.863. The minimum absolute atomic E-state index is 0.168. The van der Waals surface area contributed by atoms with Gasteiger partial charge in [-0.05, 0) is 19.3 Å². The van der Waals surface area contributed by atoms with E-state index < -0.39 is 10.0 Å². The Morgan fingerprint density at radius 3 is 2.73 bits per heavy atom. The number of piperazine rings is 1. The van der Waals surface area contributed by atoms with Crippen molar-refractivity contribution in [2.75, 3.05) is 45.1 Å². The second-order valence-electron chi connectivity index (χ2n) is 6.04. The molecule has 0 unspecified atom stereocenters. The van der Waals surface area contributed by atoms with Crippen molar-refractivity contribution in [3.8, 4) is 0 Å². The van der Waals surface area contributed by atoms with Gasteiger partial charge in [0.2, 0.25) is 10.0 Å². The van der Waals surface area contributed by atoms with E-state index in [2.05, 4.69) is 15.3 Å². The number of aromatic nitrogens is 1. The summed E-state index contributed by atoms with van der Waals surface area (Å²) in [5.74, 6) is 0.402. The fourth-order valence-corrected chi connectivity index (χ4v) is 5.39. The Bertz CT molecular complexity index is 588. The van der Waals surface area contributed by atoms with Crippen LogP contribution in [-0.2, 0) is 21.3 Å². The zero-order valence-corrected chi connectivity index (χ0v) is 14.5. The lowest BCUT2D eigenvalue weighted by atomic mass is 10.2. The van der Waals surface area contributed by atoms with Crippen LogP contribution in [0, 0.1) is 12.8 Å². The number of sulfonamides is 1. The van der Waals surface area contributed by atoms with Crippen LogP contribution < -0.4 is 0 Å². The quantitative estimate of drug-likeness (QED) is 0.795. The summed E-state index contributed by atoms with van der Waals surface area (Å²) in [6.45, 7) is 6.81. The molecule has 3 rings (SSSR count). The highest BCUT2D eigenvalue weighted by Gasteiger charge is 2.30. The minimum Gasteiger partial charge on any atom is -0.381 e. The van der Waals surface area contributed by atoms with E-state index in [0.29, 0.717) is 26.3 Å². The summed E-state index contributed by atoms with van der Waals surface area (Å²) in [7, 11) is -3.15. The minimum atomic E-state index is -3.15. The van der Waals surface area contributed by atoms with E-state index in [4.69, 9.17) is 4.74 Å². The fraction of sp³-hybridized carbons (Fsp3) is 0.786. The Labute approximate surface area is 136 Å². The Morgan fingerprint density at radius 2 is 2.14 bits per heavy atom. The number of hydrogen-bond donors (Lipinski definition) is 0. The number of thiazole rings is 1. The maximum absolute atomic E-state index is 12.5. The highest BCUT2D eigenvalue weighted by Crippen LogP contribution is 2.19. The van der Waals surface area contributed by atoms with Crippen LogP contribution in [0.2, 0.25) is 0 Å². The van der Waals surface area contributed by atoms with E-state index in [9.17, 15) is 8.42 Å². The van der Waals surface area contributed by atoms with Gasteiger partial charge in [-0.3, -0.25) is 4.90 Å². The molecule has 1 aromatic rings. The van der Waals surface area contributed by atoms with Crippen molar-refractivity contribution in [3.63, 3.8) is 0 Å². The topological polar surface area (TPSA) is 62.7 Å². The molecule has 1 aromatic heterocycles. The van der Waals surface area contributed by atoms with E-state index >= 15 is 0 Å². The van der Waals surface area contributed by atoms with Crippen LogP contribution in [0.1, 0.15) is 17.1 Å². The Balaban J connectivity index is 1.50. The van der Waals surface area contributed by atoms with Crippen LogP contribution in [0.5, 0.6) is 0 Å². The molecule has 0 aliphatic carbocycles. The highest BCUT2D eigenvalue weighted by atomic mass is 32.2. The third-order valence-corrected chi connectivity index (χ3v) is 7.11. The molecule has 22 heavy (non-hydrogen) atoms. The molecule has 0 saturated carbocycles. The molecule has 2 aliphatic rings.